The van der Waals surface area contributed by atoms with E-state index in [-0.39, 0.29) is 0 Å². The molecule has 0 aliphatic heterocycles. The van der Waals surface area contributed by atoms with Gasteiger partial charge >= 0.3 is 0 Å². The first-order chi connectivity index (χ1) is 9.65. The second kappa shape index (κ2) is 6.33. The van der Waals surface area contributed by atoms with Crippen molar-refractivity contribution in [2.45, 2.75) is 20.8 Å². The summed E-state index contributed by atoms with van der Waals surface area (Å²) in [7, 11) is 0. The molecule has 3 nitrogen and oxygen atoms in total. The minimum Gasteiger partial charge on any atom is -0.490 e. The number of nitrogens with two attached hydrogens (primary N) is 1. The second-order valence-corrected chi connectivity index (χ2v) is 4.60. The van der Waals surface area contributed by atoms with E-state index in [9.17, 15) is 0 Å². The molecule has 0 heterocycles. The minimum absolute atomic E-state index is 0.611. The summed E-state index contributed by atoms with van der Waals surface area (Å²) in [4.78, 5) is 0. The van der Waals surface area contributed by atoms with E-state index in [1.807, 2.05) is 51.1 Å². The van der Waals surface area contributed by atoms with Crippen LogP contribution in [0.25, 0.3) is 11.1 Å². The highest BCUT2D eigenvalue weighted by molar-refractivity contribution is 5.71. The fourth-order valence-corrected chi connectivity index (χ4v) is 2.05. The van der Waals surface area contributed by atoms with E-state index < -0.39 is 0 Å². The molecule has 0 unspecified atom stereocenters. The molecule has 0 aliphatic carbocycles. The Morgan fingerprint density at radius 1 is 0.850 bits per heavy atom. The molecule has 2 rings (SSSR count). The van der Waals surface area contributed by atoms with Crippen LogP contribution in [0.1, 0.15) is 19.4 Å². The topological polar surface area (TPSA) is 44.5 Å². The predicted molar refractivity (Wildman–Crippen MR) is 83.4 cm³/mol. The molecule has 0 aromatic heterocycles. The van der Waals surface area contributed by atoms with Gasteiger partial charge in [-0.1, -0.05) is 18.2 Å². The summed E-state index contributed by atoms with van der Waals surface area (Å²) in [6.07, 6.45) is 0. The smallest absolute Gasteiger partial charge is 0.161 e. The van der Waals surface area contributed by atoms with E-state index in [2.05, 4.69) is 6.07 Å². The van der Waals surface area contributed by atoms with Crippen molar-refractivity contribution >= 4 is 5.69 Å². The fraction of sp³-hybridized carbons (Fsp3) is 0.294. The Morgan fingerprint density at radius 2 is 1.45 bits per heavy atom. The Bertz CT molecular complexity index is 594. The summed E-state index contributed by atoms with van der Waals surface area (Å²) < 4.78 is 11.2. The highest BCUT2D eigenvalue weighted by atomic mass is 16.5. The molecule has 0 saturated heterocycles. The van der Waals surface area contributed by atoms with Crippen LogP contribution < -0.4 is 15.2 Å². The average molecular weight is 271 g/mol. The van der Waals surface area contributed by atoms with Crippen molar-refractivity contribution in [1.29, 1.82) is 0 Å². The average Bonchev–Trinajstić information content (AvgIpc) is 2.44. The van der Waals surface area contributed by atoms with Crippen LogP contribution in [0.5, 0.6) is 11.5 Å². The van der Waals surface area contributed by atoms with Gasteiger partial charge in [-0.2, -0.15) is 0 Å². The molecule has 2 N–H and O–H groups in total. The van der Waals surface area contributed by atoms with Crippen LogP contribution in [0.3, 0.4) is 0 Å². The maximum absolute atomic E-state index is 5.98. The van der Waals surface area contributed by atoms with E-state index in [0.29, 0.717) is 13.2 Å². The Labute approximate surface area is 120 Å². The number of ether oxygens (including phenoxy) is 2. The van der Waals surface area contributed by atoms with Crippen molar-refractivity contribution in [2.75, 3.05) is 18.9 Å². The fourth-order valence-electron chi connectivity index (χ4n) is 2.05. The van der Waals surface area contributed by atoms with Gasteiger partial charge in [-0.05, 0) is 55.7 Å². The van der Waals surface area contributed by atoms with Crippen molar-refractivity contribution in [2.24, 2.45) is 0 Å². The maximum atomic E-state index is 5.98. The predicted octanol–water partition coefficient (Wildman–Crippen LogP) is 4.04. The first-order valence-electron chi connectivity index (χ1n) is 6.91. The number of aryl methyl sites for hydroxylation is 1. The molecular formula is C17H21NO2. The van der Waals surface area contributed by atoms with Crippen LogP contribution in [0.15, 0.2) is 36.4 Å². The van der Waals surface area contributed by atoms with Crippen LogP contribution in [0, 0.1) is 6.92 Å². The number of hydrogen-bond donors (Lipinski definition) is 1. The first-order valence-corrected chi connectivity index (χ1v) is 6.91. The van der Waals surface area contributed by atoms with Crippen molar-refractivity contribution in [1.82, 2.24) is 0 Å². The van der Waals surface area contributed by atoms with Gasteiger partial charge in [0.05, 0.1) is 13.2 Å². The molecule has 0 radical (unpaired) electrons. The molecule has 3 heteroatoms. The summed E-state index contributed by atoms with van der Waals surface area (Å²) in [5.41, 5.74) is 10.0. The van der Waals surface area contributed by atoms with Gasteiger partial charge < -0.3 is 15.2 Å². The van der Waals surface area contributed by atoms with Crippen molar-refractivity contribution in [3.05, 3.63) is 42.0 Å². The molecule has 106 valence electrons. The SMILES string of the molecule is CCOc1ccc(-c2ccc(C)c(N)c2)cc1OCC. The maximum Gasteiger partial charge on any atom is 0.161 e. The Balaban J connectivity index is 2.41. The molecule has 0 fully saturated rings. The Morgan fingerprint density at radius 3 is 2.10 bits per heavy atom. The molecule has 2 aromatic rings. The van der Waals surface area contributed by atoms with Crippen LogP contribution in [0.2, 0.25) is 0 Å². The molecule has 0 saturated carbocycles. The van der Waals surface area contributed by atoms with Gasteiger partial charge in [0, 0.05) is 5.69 Å². The zero-order valence-electron chi connectivity index (χ0n) is 12.3. The first kappa shape index (κ1) is 14.3. The van der Waals surface area contributed by atoms with E-state index in [4.69, 9.17) is 15.2 Å². The molecule has 0 aliphatic rings. The number of benzene rings is 2. The summed E-state index contributed by atoms with van der Waals surface area (Å²) in [5, 5.41) is 0. The lowest BCUT2D eigenvalue weighted by Gasteiger charge is -2.13. The van der Waals surface area contributed by atoms with E-state index in [1.165, 1.54) is 0 Å². The number of rotatable bonds is 5. The van der Waals surface area contributed by atoms with Crippen molar-refractivity contribution in [3.63, 3.8) is 0 Å². The van der Waals surface area contributed by atoms with Gasteiger partial charge in [0.2, 0.25) is 0 Å². The standard InChI is InChI=1S/C17H21NO2/c1-4-19-16-9-8-14(11-17(16)20-5-2)13-7-6-12(3)15(18)10-13/h6-11H,4-5,18H2,1-3H3. The number of nitrogen functional groups attached to an aromatic ring is 1. The van der Waals surface area contributed by atoms with Gasteiger partial charge in [0.25, 0.3) is 0 Å². The molecular weight excluding hydrogens is 250 g/mol. The molecule has 0 amide bonds. The highest BCUT2D eigenvalue weighted by Gasteiger charge is 2.08. The third-order valence-electron chi connectivity index (χ3n) is 3.16. The van der Waals surface area contributed by atoms with E-state index in [0.717, 1.165) is 33.9 Å². The molecule has 0 bridgehead atoms. The van der Waals surface area contributed by atoms with Gasteiger partial charge in [-0.25, -0.2) is 0 Å². The van der Waals surface area contributed by atoms with Crippen LogP contribution in [0.4, 0.5) is 5.69 Å². The normalized spacial score (nSPS) is 10.3. The third-order valence-corrected chi connectivity index (χ3v) is 3.16. The molecule has 0 atom stereocenters. The van der Waals surface area contributed by atoms with Crippen molar-refractivity contribution in [3.8, 4) is 22.6 Å². The summed E-state index contributed by atoms with van der Waals surface area (Å²) in [6.45, 7) is 7.16. The zero-order valence-corrected chi connectivity index (χ0v) is 12.3. The van der Waals surface area contributed by atoms with Crippen LogP contribution >= 0.6 is 0 Å². The van der Waals surface area contributed by atoms with Gasteiger partial charge in [0.15, 0.2) is 11.5 Å². The van der Waals surface area contributed by atoms with Crippen LogP contribution in [-0.2, 0) is 0 Å². The van der Waals surface area contributed by atoms with Gasteiger partial charge in [-0.15, -0.1) is 0 Å². The molecule has 2 aromatic carbocycles. The Kier molecular flexibility index (Phi) is 4.51. The molecule has 20 heavy (non-hydrogen) atoms. The third kappa shape index (κ3) is 3.05. The monoisotopic (exact) mass is 271 g/mol. The van der Waals surface area contributed by atoms with Gasteiger partial charge in [-0.3, -0.25) is 0 Å². The number of hydrogen-bond acceptors (Lipinski definition) is 3. The second-order valence-electron chi connectivity index (χ2n) is 4.60. The van der Waals surface area contributed by atoms with E-state index in [1.54, 1.807) is 0 Å². The quantitative estimate of drug-likeness (QED) is 0.835. The lowest BCUT2D eigenvalue weighted by Crippen LogP contribution is -1.98. The molecule has 0 spiro atoms. The zero-order chi connectivity index (χ0) is 14.5. The Hall–Kier alpha value is -2.16. The number of anilines is 1. The van der Waals surface area contributed by atoms with Crippen LogP contribution in [-0.4, -0.2) is 13.2 Å². The van der Waals surface area contributed by atoms with Crippen molar-refractivity contribution < 1.29 is 9.47 Å². The van der Waals surface area contributed by atoms with Gasteiger partial charge in [0.1, 0.15) is 0 Å². The minimum atomic E-state index is 0.611. The highest BCUT2D eigenvalue weighted by Crippen LogP contribution is 2.33. The summed E-state index contributed by atoms with van der Waals surface area (Å²) in [5.74, 6) is 1.55. The lowest BCUT2D eigenvalue weighted by atomic mass is 10.0. The lowest BCUT2D eigenvalue weighted by molar-refractivity contribution is 0.288. The van der Waals surface area contributed by atoms with E-state index >= 15 is 0 Å². The summed E-state index contributed by atoms with van der Waals surface area (Å²) in [6, 6.07) is 12.1. The summed E-state index contributed by atoms with van der Waals surface area (Å²) >= 11 is 0. The largest absolute Gasteiger partial charge is 0.490 e.